The van der Waals surface area contributed by atoms with Gasteiger partial charge >= 0.3 is 0 Å². The maximum absolute atomic E-state index is 12.9. The Kier molecular flexibility index (Phi) is 12.4. The van der Waals surface area contributed by atoms with Gasteiger partial charge in [-0.25, -0.2) is 33.7 Å². The lowest BCUT2D eigenvalue weighted by molar-refractivity contribution is 0.101. The third kappa shape index (κ3) is 10.1. The number of carbonyl (C=O) groups excluding carboxylic acids is 2. The molecule has 0 fully saturated rings. The Hall–Kier alpha value is -7.40. The summed E-state index contributed by atoms with van der Waals surface area (Å²) in [4.78, 5) is 24.0. The number of aromatic nitrogens is 4. The van der Waals surface area contributed by atoms with Gasteiger partial charge in [-0.15, -0.1) is 0 Å². The minimum absolute atomic E-state index is 0.0847. The van der Waals surface area contributed by atoms with Crippen molar-refractivity contribution in [1.29, 1.82) is 0 Å². The van der Waals surface area contributed by atoms with Crippen molar-refractivity contribution in [3.05, 3.63) is 157 Å². The Morgan fingerprint density at radius 1 is 0.422 bits per heavy atom. The number of carbonyl (C=O) groups is 2. The molecule has 8 aromatic rings. The smallest absolute Gasteiger partial charge is 0.276 e. The van der Waals surface area contributed by atoms with Crippen molar-refractivity contribution in [3.8, 4) is 0 Å². The highest BCUT2D eigenvalue weighted by molar-refractivity contribution is 7.95. The van der Waals surface area contributed by atoms with Gasteiger partial charge in [-0.3, -0.25) is 29.2 Å². The van der Waals surface area contributed by atoms with Gasteiger partial charge in [0.2, 0.25) is 0 Å². The van der Waals surface area contributed by atoms with E-state index in [1.165, 1.54) is 72.8 Å². The summed E-state index contributed by atoms with van der Waals surface area (Å²) in [6, 6.07) is 37.4. The van der Waals surface area contributed by atoms with E-state index in [9.17, 15) is 43.3 Å². The first-order valence-electron chi connectivity index (χ1n) is 18.6. The molecule has 0 saturated carbocycles. The normalized spacial score (nSPS) is 11.9. The fourth-order valence-electron chi connectivity index (χ4n) is 6.30. The maximum atomic E-state index is 12.9. The number of fused-ring (bicyclic) bond motifs is 2. The molecule has 0 bridgehead atoms. The molecule has 64 heavy (non-hydrogen) atoms. The standard InChI is InChI=1S/2C21H18N4O5S2/c2*1-31(27,28)18-9-5-6-10-19(18)32(29,30)25-15-11-12-17-16(13-15)20(24-23-17)21(26)22-14-7-3-2-4-8-14/h2*2-13,25H,1H3,(H,22,26)(H,23,24). The van der Waals surface area contributed by atoms with Crippen LogP contribution in [-0.2, 0) is 39.7 Å². The molecule has 0 radical (unpaired) electrons. The van der Waals surface area contributed by atoms with E-state index >= 15 is 0 Å². The van der Waals surface area contributed by atoms with Gasteiger partial charge in [0, 0.05) is 46.0 Å². The molecular weight excluding hydrogens is 905 g/mol. The molecule has 0 saturated heterocycles. The van der Waals surface area contributed by atoms with Gasteiger partial charge in [0.1, 0.15) is 9.79 Å². The molecular formula is C42H36N8O10S4. The van der Waals surface area contributed by atoms with Gasteiger partial charge in [0.25, 0.3) is 31.9 Å². The second-order valence-electron chi connectivity index (χ2n) is 14.0. The minimum atomic E-state index is -4.22. The van der Waals surface area contributed by atoms with Crippen molar-refractivity contribution in [3.63, 3.8) is 0 Å². The van der Waals surface area contributed by atoms with Gasteiger partial charge in [0.15, 0.2) is 31.1 Å². The summed E-state index contributed by atoms with van der Waals surface area (Å²) in [7, 11) is -16.0. The third-order valence-corrected chi connectivity index (χ3v) is 14.6. The van der Waals surface area contributed by atoms with E-state index in [0.717, 1.165) is 12.5 Å². The number of hydrogen-bond donors (Lipinski definition) is 6. The number of para-hydroxylation sites is 2. The molecule has 328 valence electrons. The van der Waals surface area contributed by atoms with Crippen LogP contribution in [0.5, 0.6) is 0 Å². The first-order valence-corrected chi connectivity index (χ1v) is 25.4. The summed E-state index contributed by atoms with van der Waals surface area (Å²) in [5.41, 5.74) is 2.70. The van der Waals surface area contributed by atoms with Crippen molar-refractivity contribution >= 4 is 96.1 Å². The van der Waals surface area contributed by atoms with E-state index in [0.29, 0.717) is 33.2 Å². The number of aromatic amines is 2. The molecule has 2 aromatic heterocycles. The van der Waals surface area contributed by atoms with E-state index in [1.807, 2.05) is 12.1 Å². The van der Waals surface area contributed by atoms with Crippen LogP contribution in [0.15, 0.2) is 165 Å². The molecule has 0 spiro atoms. The van der Waals surface area contributed by atoms with Crippen LogP contribution in [0.2, 0.25) is 0 Å². The lowest BCUT2D eigenvalue weighted by Crippen LogP contribution is -2.16. The highest BCUT2D eigenvalue weighted by Gasteiger charge is 2.26. The molecule has 0 unspecified atom stereocenters. The van der Waals surface area contributed by atoms with Gasteiger partial charge in [0.05, 0.1) is 20.8 Å². The Morgan fingerprint density at radius 2 is 0.750 bits per heavy atom. The van der Waals surface area contributed by atoms with Gasteiger partial charge < -0.3 is 10.6 Å². The number of anilines is 4. The Morgan fingerprint density at radius 3 is 1.09 bits per heavy atom. The monoisotopic (exact) mass is 940 g/mol. The van der Waals surface area contributed by atoms with Crippen molar-refractivity contribution in [1.82, 2.24) is 20.4 Å². The molecule has 6 aromatic carbocycles. The lowest BCUT2D eigenvalue weighted by atomic mass is 10.2. The largest absolute Gasteiger partial charge is 0.321 e. The van der Waals surface area contributed by atoms with Crippen LogP contribution in [0.4, 0.5) is 22.7 Å². The predicted molar refractivity (Wildman–Crippen MR) is 242 cm³/mol. The topological polar surface area (TPSA) is 276 Å². The maximum Gasteiger partial charge on any atom is 0.276 e. The van der Waals surface area contributed by atoms with Crippen molar-refractivity contribution in [2.45, 2.75) is 19.6 Å². The number of benzene rings is 6. The van der Waals surface area contributed by atoms with Crippen molar-refractivity contribution in [2.24, 2.45) is 0 Å². The molecule has 0 atom stereocenters. The van der Waals surface area contributed by atoms with E-state index in [-0.39, 0.29) is 42.3 Å². The zero-order chi connectivity index (χ0) is 45.9. The lowest BCUT2D eigenvalue weighted by Gasteiger charge is -2.11. The van der Waals surface area contributed by atoms with Crippen LogP contribution < -0.4 is 20.1 Å². The number of amides is 2. The zero-order valence-electron chi connectivity index (χ0n) is 33.5. The second-order valence-corrected chi connectivity index (χ2v) is 21.2. The molecule has 22 heteroatoms. The number of nitrogens with one attached hydrogen (secondary N) is 6. The van der Waals surface area contributed by atoms with Gasteiger partial charge in [-0.1, -0.05) is 60.7 Å². The van der Waals surface area contributed by atoms with Crippen molar-refractivity contribution in [2.75, 3.05) is 32.6 Å². The number of sulfone groups is 2. The van der Waals surface area contributed by atoms with E-state index in [4.69, 9.17) is 0 Å². The molecule has 2 heterocycles. The van der Waals surface area contributed by atoms with Crippen LogP contribution in [-0.4, -0.2) is 78.4 Å². The molecule has 0 aliphatic rings. The van der Waals surface area contributed by atoms with Crippen LogP contribution in [0.3, 0.4) is 0 Å². The van der Waals surface area contributed by atoms with Crippen LogP contribution >= 0.6 is 0 Å². The van der Waals surface area contributed by atoms with Gasteiger partial charge in [-0.2, -0.15) is 10.2 Å². The van der Waals surface area contributed by atoms with Crippen LogP contribution in [0.25, 0.3) is 21.8 Å². The summed E-state index contributed by atoms with van der Waals surface area (Å²) in [5.74, 6) is -0.935. The molecule has 6 N–H and O–H groups in total. The molecule has 2 amide bonds. The summed E-state index contributed by atoms with van der Waals surface area (Å²) < 4.78 is 105. The second kappa shape index (κ2) is 17.8. The average molecular weight is 941 g/mol. The molecule has 0 aliphatic carbocycles. The average Bonchev–Trinajstić information content (AvgIpc) is 3.88. The summed E-state index contributed by atoms with van der Waals surface area (Å²) in [6.07, 6.45) is 1.88. The molecule has 8 rings (SSSR count). The van der Waals surface area contributed by atoms with Crippen LogP contribution in [0.1, 0.15) is 21.0 Å². The molecule has 0 aliphatic heterocycles. The van der Waals surface area contributed by atoms with Crippen molar-refractivity contribution < 1.29 is 43.3 Å². The fraction of sp³-hybridized carbons (Fsp3) is 0.0476. The van der Waals surface area contributed by atoms with Crippen LogP contribution in [0, 0.1) is 0 Å². The number of sulfonamides is 2. The predicted octanol–water partition coefficient (Wildman–Crippen LogP) is 6.04. The first kappa shape index (κ1) is 44.6. The Balaban J connectivity index is 0.000000191. The van der Waals surface area contributed by atoms with E-state index < -0.39 is 51.5 Å². The first-order chi connectivity index (χ1) is 30.3. The third-order valence-electron chi connectivity index (χ3n) is 9.20. The number of H-pyrrole nitrogens is 2. The number of rotatable bonds is 12. The Bertz CT molecular complexity index is 3290. The summed E-state index contributed by atoms with van der Waals surface area (Å²) in [6.45, 7) is 0. The Labute approximate surface area is 367 Å². The summed E-state index contributed by atoms with van der Waals surface area (Å²) >= 11 is 0. The fourth-order valence-corrected chi connectivity index (χ4v) is 11.7. The molecule has 18 nitrogen and oxygen atoms in total. The minimum Gasteiger partial charge on any atom is -0.321 e. The quantitative estimate of drug-likeness (QED) is 0.0818. The number of hydrogen-bond acceptors (Lipinski definition) is 12. The summed E-state index contributed by atoms with van der Waals surface area (Å²) in [5, 5.41) is 19.8. The number of nitrogens with zero attached hydrogens (tertiary/aromatic N) is 2. The highest BCUT2D eigenvalue weighted by atomic mass is 32.2. The SMILES string of the molecule is CS(=O)(=O)c1ccccc1S(=O)(=O)Nc1ccc2[nH]nc(C(=O)Nc3ccccc3)c2c1.CS(=O)(=O)c1ccccc1S(=O)(=O)Nc1ccc2[nH]nc(C(=O)Nc3ccccc3)c2c1. The van der Waals surface area contributed by atoms with E-state index in [1.54, 1.807) is 60.7 Å². The zero-order valence-corrected chi connectivity index (χ0v) is 36.7. The van der Waals surface area contributed by atoms with Gasteiger partial charge in [-0.05, 0) is 84.9 Å². The highest BCUT2D eigenvalue weighted by Crippen LogP contribution is 2.28. The van der Waals surface area contributed by atoms with E-state index in [2.05, 4.69) is 40.5 Å².